The third-order valence-corrected chi connectivity index (χ3v) is 2.07. The van der Waals surface area contributed by atoms with Gasteiger partial charge in [0, 0.05) is 25.7 Å². The minimum atomic E-state index is -2.94. The van der Waals surface area contributed by atoms with Gasteiger partial charge in [-0.3, -0.25) is 4.79 Å². The van der Waals surface area contributed by atoms with Crippen molar-refractivity contribution in [3.8, 4) is 11.5 Å². The van der Waals surface area contributed by atoms with Crippen LogP contribution in [0.15, 0.2) is 18.2 Å². The molecule has 0 amide bonds. The van der Waals surface area contributed by atoms with E-state index in [-0.39, 0.29) is 18.1 Å². The van der Waals surface area contributed by atoms with Gasteiger partial charge in [0.15, 0.2) is 11.5 Å². The van der Waals surface area contributed by atoms with Gasteiger partial charge in [-0.05, 0) is 18.2 Å². The summed E-state index contributed by atoms with van der Waals surface area (Å²) in [6, 6.07) is 4.02. The number of aldehydes is 1. The van der Waals surface area contributed by atoms with Crippen LogP contribution in [0.4, 0.5) is 8.78 Å². The number of carbonyl (C=O) groups is 1. The van der Waals surface area contributed by atoms with Crippen molar-refractivity contribution in [3.05, 3.63) is 23.8 Å². The number of hydrogen-bond acceptors (Lipinski definition) is 4. The SMILES string of the molecule is COCCCOc1cc(C=O)ccc1OC(F)F. The molecule has 1 aromatic rings. The second-order valence-electron chi connectivity index (χ2n) is 3.40. The normalized spacial score (nSPS) is 10.4. The summed E-state index contributed by atoms with van der Waals surface area (Å²) >= 11 is 0. The lowest BCUT2D eigenvalue weighted by Gasteiger charge is -2.12. The number of methoxy groups -OCH3 is 1. The minimum Gasteiger partial charge on any atom is -0.490 e. The molecule has 0 fully saturated rings. The molecule has 0 heterocycles. The van der Waals surface area contributed by atoms with Crippen molar-refractivity contribution < 1.29 is 27.8 Å². The molecule has 6 heteroatoms. The lowest BCUT2D eigenvalue weighted by atomic mass is 10.2. The van der Waals surface area contributed by atoms with Crippen LogP contribution in [0.5, 0.6) is 11.5 Å². The van der Waals surface area contributed by atoms with Crippen LogP contribution in [0, 0.1) is 0 Å². The monoisotopic (exact) mass is 260 g/mol. The predicted octanol–water partition coefficient (Wildman–Crippen LogP) is 2.52. The zero-order valence-electron chi connectivity index (χ0n) is 9.90. The Kier molecular flexibility index (Phi) is 6.07. The van der Waals surface area contributed by atoms with Crippen LogP contribution in [0.3, 0.4) is 0 Å². The van der Waals surface area contributed by atoms with Crippen molar-refractivity contribution in [3.63, 3.8) is 0 Å². The predicted molar refractivity (Wildman–Crippen MR) is 60.4 cm³/mol. The molecule has 100 valence electrons. The first-order valence-electron chi connectivity index (χ1n) is 5.33. The fourth-order valence-corrected chi connectivity index (χ4v) is 1.29. The summed E-state index contributed by atoms with van der Waals surface area (Å²) < 4.78 is 38.7. The molecule has 0 atom stereocenters. The molecule has 0 aliphatic heterocycles. The van der Waals surface area contributed by atoms with Gasteiger partial charge in [-0.2, -0.15) is 8.78 Å². The highest BCUT2D eigenvalue weighted by molar-refractivity contribution is 5.76. The van der Waals surface area contributed by atoms with Gasteiger partial charge in [0.05, 0.1) is 6.61 Å². The van der Waals surface area contributed by atoms with Gasteiger partial charge < -0.3 is 14.2 Å². The second kappa shape index (κ2) is 7.60. The van der Waals surface area contributed by atoms with Gasteiger partial charge in [0.25, 0.3) is 0 Å². The van der Waals surface area contributed by atoms with Crippen LogP contribution in [0.25, 0.3) is 0 Å². The Labute approximate surface area is 103 Å². The standard InChI is InChI=1S/C12H14F2O4/c1-16-5-2-6-17-11-7-9(8-15)3-4-10(11)18-12(13)14/h3-4,7-8,12H,2,5-6H2,1H3. The maximum atomic E-state index is 12.2. The number of hydrogen-bond donors (Lipinski definition) is 0. The van der Waals surface area contributed by atoms with Gasteiger partial charge in [-0.25, -0.2) is 0 Å². The first kappa shape index (κ1) is 14.4. The third kappa shape index (κ3) is 4.67. The van der Waals surface area contributed by atoms with Crippen molar-refractivity contribution in [1.82, 2.24) is 0 Å². The Hall–Kier alpha value is -1.69. The zero-order valence-corrected chi connectivity index (χ0v) is 9.90. The molecule has 0 unspecified atom stereocenters. The summed E-state index contributed by atoms with van der Waals surface area (Å²) in [5, 5.41) is 0. The highest BCUT2D eigenvalue weighted by Crippen LogP contribution is 2.29. The van der Waals surface area contributed by atoms with Crippen molar-refractivity contribution >= 4 is 6.29 Å². The van der Waals surface area contributed by atoms with E-state index in [1.54, 1.807) is 7.11 Å². The van der Waals surface area contributed by atoms with E-state index < -0.39 is 6.61 Å². The van der Waals surface area contributed by atoms with E-state index in [4.69, 9.17) is 9.47 Å². The molecule has 0 saturated heterocycles. The molecule has 4 nitrogen and oxygen atoms in total. The van der Waals surface area contributed by atoms with Crippen molar-refractivity contribution in [2.75, 3.05) is 20.3 Å². The van der Waals surface area contributed by atoms with Gasteiger partial charge in [0.2, 0.25) is 0 Å². The fraction of sp³-hybridized carbons (Fsp3) is 0.417. The number of rotatable bonds is 8. The topological polar surface area (TPSA) is 44.8 Å². The quantitative estimate of drug-likeness (QED) is 0.532. The number of halogens is 2. The average molecular weight is 260 g/mol. The minimum absolute atomic E-state index is 0.0898. The molecule has 0 bridgehead atoms. The smallest absolute Gasteiger partial charge is 0.387 e. The lowest BCUT2D eigenvalue weighted by Crippen LogP contribution is -2.07. The highest BCUT2D eigenvalue weighted by Gasteiger charge is 2.11. The van der Waals surface area contributed by atoms with Crippen molar-refractivity contribution in [2.45, 2.75) is 13.0 Å². The number of alkyl halides is 2. The van der Waals surface area contributed by atoms with E-state index in [0.717, 1.165) is 0 Å². The van der Waals surface area contributed by atoms with Crippen molar-refractivity contribution in [2.24, 2.45) is 0 Å². The number of carbonyl (C=O) groups excluding carboxylic acids is 1. The summed E-state index contributed by atoms with van der Waals surface area (Å²) in [6.07, 6.45) is 1.21. The molecule has 18 heavy (non-hydrogen) atoms. The first-order valence-corrected chi connectivity index (χ1v) is 5.33. The Morgan fingerprint density at radius 1 is 1.28 bits per heavy atom. The Morgan fingerprint density at radius 3 is 2.67 bits per heavy atom. The molecule has 0 radical (unpaired) electrons. The van der Waals surface area contributed by atoms with Gasteiger partial charge >= 0.3 is 6.61 Å². The average Bonchev–Trinajstić information content (AvgIpc) is 2.35. The molecule has 0 N–H and O–H groups in total. The van der Waals surface area contributed by atoms with E-state index in [1.165, 1.54) is 18.2 Å². The second-order valence-corrected chi connectivity index (χ2v) is 3.40. The summed E-state index contributed by atoms with van der Waals surface area (Å²) in [7, 11) is 1.55. The molecule has 1 rings (SSSR count). The Morgan fingerprint density at radius 2 is 2.06 bits per heavy atom. The van der Waals surface area contributed by atoms with Crippen molar-refractivity contribution in [1.29, 1.82) is 0 Å². The van der Waals surface area contributed by atoms with Crippen LogP contribution in [-0.4, -0.2) is 33.2 Å². The molecule has 0 aliphatic rings. The summed E-state index contributed by atoms with van der Waals surface area (Å²) in [4.78, 5) is 10.6. The van der Waals surface area contributed by atoms with E-state index in [1.807, 2.05) is 0 Å². The van der Waals surface area contributed by atoms with Gasteiger partial charge in [-0.1, -0.05) is 0 Å². The van der Waals surface area contributed by atoms with E-state index >= 15 is 0 Å². The van der Waals surface area contributed by atoms with E-state index in [2.05, 4.69) is 4.74 Å². The van der Waals surface area contributed by atoms with Crippen LogP contribution in [-0.2, 0) is 4.74 Å². The molecule has 1 aromatic carbocycles. The number of benzene rings is 1. The Balaban J connectivity index is 2.72. The Bertz CT molecular complexity index is 382. The van der Waals surface area contributed by atoms with Crippen LogP contribution in [0.2, 0.25) is 0 Å². The first-order chi connectivity index (χ1) is 8.67. The molecule has 0 saturated carbocycles. The third-order valence-electron chi connectivity index (χ3n) is 2.07. The molecule has 0 spiro atoms. The molecular formula is C12H14F2O4. The largest absolute Gasteiger partial charge is 0.490 e. The maximum absolute atomic E-state index is 12.2. The molecule has 0 aliphatic carbocycles. The fourth-order valence-electron chi connectivity index (χ4n) is 1.29. The summed E-state index contributed by atoms with van der Waals surface area (Å²) in [5.41, 5.74) is 0.332. The van der Waals surface area contributed by atoms with Crippen LogP contribution in [0.1, 0.15) is 16.8 Å². The maximum Gasteiger partial charge on any atom is 0.387 e. The summed E-state index contributed by atoms with van der Waals surface area (Å²) in [6.45, 7) is -2.15. The van der Waals surface area contributed by atoms with E-state index in [0.29, 0.717) is 24.9 Å². The molecular weight excluding hydrogens is 246 g/mol. The van der Waals surface area contributed by atoms with Gasteiger partial charge in [0.1, 0.15) is 6.29 Å². The van der Waals surface area contributed by atoms with Gasteiger partial charge in [-0.15, -0.1) is 0 Å². The summed E-state index contributed by atoms with van der Waals surface area (Å²) in [5.74, 6) is 0.0315. The molecule has 0 aromatic heterocycles. The zero-order chi connectivity index (χ0) is 13.4. The lowest BCUT2D eigenvalue weighted by molar-refractivity contribution is -0.0515. The van der Waals surface area contributed by atoms with Crippen LogP contribution < -0.4 is 9.47 Å². The highest BCUT2D eigenvalue weighted by atomic mass is 19.3. The number of ether oxygens (including phenoxy) is 3. The van der Waals surface area contributed by atoms with Crippen LogP contribution >= 0.6 is 0 Å². The van der Waals surface area contributed by atoms with E-state index in [9.17, 15) is 13.6 Å².